The van der Waals surface area contributed by atoms with Crippen LogP contribution in [0, 0.1) is 0 Å². The molecule has 1 amide bonds. The Hall–Kier alpha value is -2.67. The highest BCUT2D eigenvalue weighted by atomic mass is 16.2. The van der Waals surface area contributed by atoms with Gasteiger partial charge in [-0.1, -0.05) is 0 Å². The summed E-state index contributed by atoms with van der Waals surface area (Å²) >= 11 is 0. The molecular formula is C18H22N6O. The first kappa shape index (κ1) is 15.8. The first-order valence-corrected chi connectivity index (χ1v) is 8.67. The van der Waals surface area contributed by atoms with Gasteiger partial charge in [0.25, 0.3) is 0 Å². The van der Waals surface area contributed by atoms with Crippen molar-refractivity contribution in [3.63, 3.8) is 0 Å². The van der Waals surface area contributed by atoms with Crippen molar-refractivity contribution in [2.24, 2.45) is 7.05 Å². The van der Waals surface area contributed by atoms with Crippen LogP contribution in [0.2, 0.25) is 0 Å². The van der Waals surface area contributed by atoms with Crippen LogP contribution in [0.4, 0.5) is 0 Å². The molecule has 25 heavy (non-hydrogen) atoms. The van der Waals surface area contributed by atoms with Crippen LogP contribution in [0.5, 0.6) is 0 Å². The Morgan fingerprint density at radius 1 is 1.48 bits per heavy atom. The zero-order valence-corrected chi connectivity index (χ0v) is 14.2. The molecule has 0 aromatic carbocycles. The Balaban J connectivity index is 1.47. The van der Waals surface area contributed by atoms with Crippen molar-refractivity contribution in [3.05, 3.63) is 36.4 Å². The van der Waals surface area contributed by atoms with Crippen LogP contribution in [0.15, 0.2) is 30.7 Å². The molecule has 1 unspecified atom stereocenters. The van der Waals surface area contributed by atoms with Gasteiger partial charge in [-0.15, -0.1) is 0 Å². The second-order valence-corrected chi connectivity index (χ2v) is 6.51. The summed E-state index contributed by atoms with van der Waals surface area (Å²) in [5.41, 5.74) is 4.11. The van der Waals surface area contributed by atoms with Crippen LogP contribution in [0.25, 0.3) is 22.2 Å². The number of nitrogens with zero attached hydrogens (tertiary/aromatic N) is 3. The van der Waals surface area contributed by atoms with E-state index in [4.69, 9.17) is 0 Å². The quantitative estimate of drug-likeness (QED) is 0.656. The Kier molecular flexibility index (Phi) is 4.23. The van der Waals surface area contributed by atoms with Crippen molar-refractivity contribution >= 4 is 16.9 Å². The highest BCUT2D eigenvalue weighted by Gasteiger charge is 2.21. The first-order chi connectivity index (χ1) is 12.2. The minimum Gasteiger partial charge on any atom is -0.354 e. The number of pyridine rings is 1. The molecular weight excluding hydrogens is 316 g/mol. The van der Waals surface area contributed by atoms with Crippen molar-refractivity contribution in [1.82, 2.24) is 30.4 Å². The molecule has 4 rings (SSSR count). The molecule has 0 spiro atoms. The molecule has 7 nitrogen and oxygen atoms in total. The summed E-state index contributed by atoms with van der Waals surface area (Å²) in [6.07, 6.45) is 8.41. The fraction of sp³-hybridized carbons (Fsp3) is 0.389. The fourth-order valence-corrected chi connectivity index (χ4v) is 3.38. The van der Waals surface area contributed by atoms with E-state index in [1.165, 1.54) is 0 Å². The number of H-pyrrole nitrogens is 1. The molecule has 0 radical (unpaired) electrons. The summed E-state index contributed by atoms with van der Waals surface area (Å²) in [6, 6.07) is 4.09. The van der Waals surface area contributed by atoms with E-state index in [9.17, 15) is 4.79 Å². The number of carbonyl (C=O) groups is 1. The van der Waals surface area contributed by atoms with Crippen molar-refractivity contribution in [3.8, 4) is 11.1 Å². The minimum absolute atomic E-state index is 0.0263. The number of aromatic nitrogens is 4. The molecule has 1 aliphatic heterocycles. The summed E-state index contributed by atoms with van der Waals surface area (Å²) in [5.74, 6) is 0.0998. The molecule has 3 aromatic heterocycles. The maximum absolute atomic E-state index is 12.0. The molecule has 1 atom stereocenters. The predicted octanol–water partition coefficient (Wildman–Crippen LogP) is 1.37. The van der Waals surface area contributed by atoms with Gasteiger partial charge in [0.05, 0.1) is 12.2 Å². The lowest BCUT2D eigenvalue weighted by atomic mass is 10.1. The van der Waals surface area contributed by atoms with E-state index < -0.39 is 0 Å². The summed E-state index contributed by atoms with van der Waals surface area (Å²) in [5, 5.41) is 11.6. The molecule has 3 N–H and O–H groups in total. The van der Waals surface area contributed by atoms with Gasteiger partial charge in [-0.25, -0.2) is 4.98 Å². The molecule has 0 aliphatic carbocycles. The zero-order chi connectivity index (χ0) is 17.2. The highest BCUT2D eigenvalue weighted by Crippen LogP contribution is 2.27. The number of rotatable bonds is 5. The van der Waals surface area contributed by atoms with E-state index >= 15 is 0 Å². The third-order valence-electron chi connectivity index (χ3n) is 4.67. The monoisotopic (exact) mass is 338 g/mol. The van der Waals surface area contributed by atoms with Crippen LogP contribution in [0.1, 0.15) is 18.5 Å². The normalized spacial score (nSPS) is 17.2. The zero-order valence-electron chi connectivity index (χ0n) is 14.2. The summed E-state index contributed by atoms with van der Waals surface area (Å²) in [7, 11) is 1.91. The van der Waals surface area contributed by atoms with Crippen LogP contribution < -0.4 is 10.6 Å². The van der Waals surface area contributed by atoms with E-state index in [-0.39, 0.29) is 11.9 Å². The Labute approximate surface area is 145 Å². The van der Waals surface area contributed by atoms with Crippen molar-refractivity contribution in [2.75, 3.05) is 13.1 Å². The highest BCUT2D eigenvalue weighted by molar-refractivity contribution is 5.93. The van der Waals surface area contributed by atoms with Gasteiger partial charge in [-0.05, 0) is 37.1 Å². The van der Waals surface area contributed by atoms with E-state index in [0.29, 0.717) is 6.54 Å². The number of aryl methyl sites for hydroxylation is 1. The van der Waals surface area contributed by atoms with Crippen molar-refractivity contribution in [1.29, 1.82) is 0 Å². The molecule has 0 bridgehead atoms. The molecule has 3 aromatic rings. The molecule has 0 saturated carbocycles. The van der Waals surface area contributed by atoms with E-state index in [1.54, 1.807) is 10.9 Å². The van der Waals surface area contributed by atoms with Crippen LogP contribution in [-0.4, -0.2) is 44.8 Å². The van der Waals surface area contributed by atoms with Gasteiger partial charge < -0.3 is 15.6 Å². The van der Waals surface area contributed by atoms with E-state index in [1.807, 2.05) is 25.5 Å². The largest absolute Gasteiger partial charge is 0.354 e. The van der Waals surface area contributed by atoms with Gasteiger partial charge in [0.15, 0.2) is 0 Å². The van der Waals surface area contributed by atoms with Gasteiger partial charge >= 0.3 is 0 Å². The third kappa shape index (κ3) is 3.28. The number of carbonyl (C=O) groups excluding carboxylic acids is 1. The third-order valence-corrected chi connectivity index (χ3v) is 4.67. The fourth-order valence-electron chi connectivity index (χ4n) is 3.38. The number of aromatic amines is 1. The number of fused-ring (bicyclic) bond motifs is 1. The standard InChI is InChI=1S/C18H22N6O/c1-24-11-12(10-22-24)14-5-8-20-17-15(14)9-13(23-17)4-7-21-18(25)16-3-2-6-19-16/h5,8-11,16,19H,2-4,6-7H2,1H3,(H,20,23)(H,21,25). The Morgan fingerprint density at radius 2 is 2.40 bits per heavy atom. The summed E-state index contributed by atoms with van der Waals surface area (Å²) in [6.45, 7) is 1.55. The van der Waals surface area contributed by atoms with Gasteiger partial charge in [0.2, 0.25) is 5.91 Å². The van der Waals surface area contributed by atoms with Crippen LogP contribution in [-0.2, 0) is 18.3 Å². The number of amides is 1. The predicted molar refractivity (Wildman–Crippen MR) is 96.0 cm³/mol. The van der Waals surface area contributed by atoms with E-state index in [0.717, 1.165) is 53.7 Å². The minimum atomic E-state index is -0.0263. The molecule has 1 saturated heterocycles. The van der Waals surface area contributed by atoms with Gasteiger partial charge in [-0.3, -0.25) is 9.48 Å². The molecule has 1 aliphatic rings. The molecule has 7 heteroatoms. The SMILES string of the molecule is Cn1cc(-c2ccnc3[nH]c(CCNC(=O)C4CCCN4)cc23)cn1. The lowest BCUT2D eigenvalue weighted by molar-refractivity contribution is -0.122. The van der Waals surface area contributed by atoms with Gasteiger partial charge in [-0.2, -0.15) is 5.10 Å². The smallest absolute Gasteiger partial charge is 0.237 e. The van der Waals surface area contributed by atoms with Crippen LogP contribution in [0.3, 0.4) is 0 Å². The lowest BCUT2D eigenvalue weighted by Gasteiger charge is -2.10. The Morgan fingerprint density at radius 3 is 3.16 bits per heavy atom. The number of hydrogen-bond acceptors (Lipinski definition) is 4. The second kappa shape index (κ2) is 6.68. The Bertz CT molecular complexity index is 890. The average Bonchev–Trinajstić information content (AvgIpc) is 3.34. The lowest BCUT2D eigenvalue weighted by Crippen LogP contribution is -2.41. The van der Waals surface area contributed by atoms with Crippen LogP contribution >= 0.6 is 0 Å². The molecule has 4 heterocycles. The number of nitrogens with one attached hydrogen (secondary N) is 3. The first-order valence-electron chi connectivity index (χ1n) is 8.67. The molecule has 1 fully saturated rings. The van der Waals surface area contributed by atoms with Gasteiger partial charge in [0, 0.05) is 49.1 Å². The summed E-state index contributed by atoms with van der Waals surface area (Å²) < 4.78 is 1.79. The van der Waals surface area contributed by atoms with Crippen molar-refractivity contribution in [2.45, 2.75) is 25.3 Å². The summed E-state index contributed by atoms with van der Waals surface area (Å²) in [4.78, 5) is 19.8. The maximum Gasteiger partial charge on any atom is 0.237 e. The maximum atomic E-state index is 12.0. The second-order valence-electron chi connectivity index (χ2n) is 6.51. The van der Waals surface area contributed by atoms with Crippen molar-refractivity contribution < 1.29 is 4.79 Å². The average molecular weight is 338 g/mol. The molecule has 130 valence electrons. The van der Waals surface area contributed by atoms with E-state index in [2.05, 4.69) is 31.8 Å². The topological polar surface area (TPSA) is 87.6 Å². The number of hydrogen-bond donors (Lipinski definition) is 3. The van der Waals surface area contributed by atoms with Gasteiger partial charge in [0.1, 0.15) is 5.65 Å².